The Kier molecular flexibility index (Phi) is 2.82. The number of hydrogen-bond donors (Lipinski definition) is 0. The third-order valence-corrected chi connectivity index (χ3v) is 2.47. The third-order valence-electron chi connectivity index (χ3n) is 2.47. The maximum atomic E-state index is 13.6. The topological polar surface area (TPSA) is 17.1 Å². The van der Waals surface area contributed by atoms with Gasteiger partial charge in [-0.15, -0.1) is 0 Å². The molecule has 0 saturated heterocycles. The maximum Gasteiger partial charge on any atom is 0.160 e. The lowest BCUT2D eigenvalue weighted by atomic mass is 9.97. The quantitative estimate of drug-likeness (QED) is 0.697. The van der Waals surface area contributed by atoms with Gasteiger partial charge in [-0.2, -0.15) is 0 Å². The van der Waals surface area contributed by atoms with E-state index in [2.05, 4.69) is 0 Å². The molecular weight excluding hydrogens is 203 g/mol. The zero-order valence-corrected chi connectivity index (χ0v) is 8.91. The summed E-state index contributed by atoms with van der Waals surface area (Å²) in [6.07, 6.45) is 0. The highest BCUT2D eigenvalue weighted by Gasteiger charge is 2.10. The molecule has 80 valence electrons. The summed E-state index contributed by atoms with van der Waals surface area (Å²) in [4.78, 5) is 11.4. The van der Waals surface area contributed by atoms with E-state index in [-0.39, 0.29) is 11.6 Å². The molecule has 0 aliphatic carbocycles. The summed E-state index contributed by atoms with van der Waals surface area (Å²) in [5, 5.41) is 0. The second kappa shape index (κ2) is 4.27. The molecule has 0 bridgehead atoms. The Labute approximate surface area is 93.5 Å². The Morgan fingerprint density at radius 1 is 0.938 bits per heavy atom. The van der Waals surface area contributed by atoms with Gasteiger partial charge in [0, 0.05) is 11.1 Å². The molecule has 0 aliphatic rings. The van der Waals surface area contributed by atoms with E-state index in [1.54, 1.807) is 42.5 Å². The number of Topliss-reactive ketones (excluding diaryl/α,β-unsaturated/α-hetero) is 1. The van der Waals surface area contributed by atoms with E-state index in [1.807, 2.05) is 0 Å². The van der Waals surface area contributed by atoms with Gasteiger partial charge in [-0.3, -0.25) is 4.79 Å². The molecule has 0 unspecified atom stereocenters. The Bertz CT molecular complexity index is 532. The van der Waals surface area contributed by atoms with Crippen LogP contribution < -0.4 is 0 Å². The van der Waals surface area contributed by atoms with Crippen LogP contribution in [0.3, 0.4) is 0 Å². The van der Waals surface area contributed by atoms with Crippen molar-refractivity contribution < 1.29 is 9.18 Å². The van der Waals surface area contributed by atoms with Crippen LogP contribution in [0.1, 0.15) is 17.3 Å². The summed E-state index contributed by atoms with van der Waals surface area (Å²) >= 11 is 0. The van der Waals surface area contributed by atoms with Crippen molar-refractivity contribution in [3.8, 4) is 11.1 Å². The molecule has 0 spiro atoms. The Balaban J connectivity index is 2.65. The SMILES string of the molecule is CC(=O)c1ccccc1-c1ccccc1F. The predicted octanol–water partition coefficient (Wildman–Crippen LogP) is 3.70. The number of ketones is 1. The molecule has 2 heteroatoms. The molecule has 0 aromatic heterocycles. The van der Waals surface area contributed by atoms with Crippen molar-refractivity contribution in [2.24, 2.45) is 0 Å². The van der Waals surface area contributed by atoms with E-state index in [0.29, 0.717) is 16.7 Å². The van der Waals surface area contributed by atoms with Crippen molar-refractivity contribution in [3.63, 3.8) is 0 Å². The second-order valence-corrected chi connectivity index (χ2v) is 3.58. The minimum absolute atomic E-state index is 0.0566. The number of carbonyl (C=O) groups is 1. The lowest BCUT2D eigenvalue weighted by Gasteiger charge is -2.07. The Hall–Kier alpha value is -1.96. The molecular formula is C14H11FO. The van der Waals surface area contributed by atoms with Crippen LogP contribution in [-0.2, 0) is 0 Å². The average Bonchev–Trinajstić information content (AvgIpc) is 2.29. The highest BCUT2D eigenvalue weighted by Crippen LogP contribution is 2.26. The van der Waals surface area contributed by atoms with Gasteiger partial charge in [0.1, 0.15) is 5.82 Å². The normalized spacial score (nSPS) is 10.1. The minimum atomic E-state index is -0.309. The van der Waals surface area contributed by atoms with Gasteiger partial charge >= 0.3 is 0 Å². The van der Waals surface area contributed by atoms with Crippen LogP contribution in [0, 0.1) is 5.82 Å². The van der Waals surface area contributed by atoms with Crippen molar-refractivity contribution in [2.75, 3.05) is 0 Å². The number of benzene rings is 2. The van der Waals surface area contributed by atoms with E-state index < -0.39 is 0 Å². The van der Waals surface area contributed by atoms with Crippen molar-refractivity contribution in [1.29, 1.82) is 0 Å². The van der Waals surface area contributed by atoms with Gasteiger partial charge in [0.2, 0.25) is 0 Å². The van der Waals surface area contributed by atoms with Crippen molar-refractivity contribution in [2.45, 2.75) is 6.92 Å². The molecule has 0 N–H and O–H groups in total. The number of rotatable bonds is 2. The third kappa shape index (κ3) is 1.87. The monoisotopic (exact) mass is 214 g/mol. The first-order chi connectivity index (χ1) is 7.70. The molecule has 0 heterocycles. The van der Waals surface area contributed by atoms with Crippen molar-refractivity contribution >= 4 is 5.78 Å². The largest absolute Gasteiger partial charge is 0.294 e. The van der Waals surface area contributed by atoms with E-state index in [0.717, 1.165) is 0 Å². The molecule has 0 fully saturated rings. The predicted molar refractivity (Wildman–Crippen MR) is 61.8 cm³/mol. The zero-order valence-electron chi connectivity index (χ0n) is 8.91. The van der Waals surface area contributed by atoms with Gasteiger partial charge in [0.05, 0.1) is 0 Å². The number of halogens is 1. The molecule has 0 saturated carbocycles. The Morgan fingerprint density at radius 3 is 2.12 bits per heavy atom. The molecule has 0 atom stereocenters. The summed E-state index contributed by atoms with van der Waals surface area (Å²) < 4.78 is 13.6. The van der Waals surface area contributed by atoms with E-state index in [1.165, 1.54) is 13.0 Å². The fraction of sp³-hybridized carbons (Fsp3) is 0.0714. The number of hydrogen-bond acceptors (Lipinski definition) is 1. The molecule has 2 rings (SSSR count). The van der Waals surface area contributed by atoms with Crippen LogP contribution in [0.2, 0.25) is 0 Å². The summed E-state index contributed by atoms with van der Waals surface area (Å²) in [5.74, 6) is -0.366. The first-order valence-electron chi connectivity index (χ1n) is 5.05. The first kappa shape index (κ1) is 10.6. The van der Waals surface area contributed by atoms with E-state index >= 15 is 0 Å². The van der Waals surface area contributed by atoms with Gasteiger partial charge in [-0.25, -0.2) is 4.39 Å². The summed E-state index contributed by atoms with van der Waals surface area (Å²) in [5.41, 5.74) is 1.66. The van der Waals surface area contributed by atoms with Gasteiger partial charge in [-0.05, 0) is 18.6 Å². The summed E-state index contributed by atoms with van der Waals surface area (Å²) in [7, 11) is 0. The van der Waals surface area contributed by atoms with Crippen LogP contribution >= 0.6 is 0 Å². The van der Waals surface area contributed by atoms with E-state index in [9.17, 15) is 9.18 Å². The summed E-state index contributed by atoms with van der Waals surface area (Å²) in [6.45, 7) is 1.49. The Morgan fingerprint density at radius 2 is 1.50 bits per heavy atom. The molecule has 0 radical (unpaired) electrons. The van der Waals surface area contributed by atoms with Crippen LogP contribution in [0.5, 0.6) is 0 Å². The van der Waals surface area contributed by atoms with Crippen LogP contribution in [0.15, 0.2) is 48.5 Å². The van der Waals surface area contributed by atoms with Crippen molar-refractivity contribution in [1.82, 2.24) is 0 Å². The second-order valence-electron chi connectivity index (χ2n) is 3.58. The lowest BCUT2D eigenvalue weighted by Crippen LogP contribution is -1.96. The highest BCUT2D eigenvalue weighted by atomic mass is 19.1. The average molecular weight is 214 g/mol. The molecule has 0 aliphatic heterocycles. The lowest BCUT2D eigenvalue weighted by molar-refractivity contribution is 0.101. The standard InChI is InChI=1S/C14H11FO/c1-10(16)11-6-2-3-7-12(11)13-8-4-5-9-14(13)15/h2-9H,1H3. The van der Waals surface area contributed by atoms with Crippen LogP contribution in [-0.4, -0.2) is 5.78 Å². The minimum Gasteiger partial charge on any atom is -0.294 e. The molecule has 1 nitrogen and oxygen atoms in total. The zero-order chi connectivity index (χ0) is 11.5. The summed E-state index contributed by atoms with van der Waals surface area (Å²) in [6, 6.07) is 13.5. The van der Waals surface area contributed by atoms with E-state index in [4.69, 9.17) is 0 Å². The highest BCUT2D eigenvalue weighted by molar-refractivity contribution is 6.00. The fourth-order valence-corrected chi connectivity index (χ4v) is 1.70. The van der Waals surface area contributed by atoms with Crippen LogP contribution in [0.4, 0.5) is 4.39 Å². The smallest absolute Gasteiger partial charge is 0.160 e. The van der Waals surface area contributed by atoms with Gasteiger partial charge < -0.3 is 0 Å². The van der Waals surface area contributed by atoms with Gasteiger partial charge in [-0.1, -0.05) is 42.5 Å². The molecule has 16 heavy (non-hydrogen) atoms. The van der Waals surface area contributed by atoms with Crippen molar-refractivity contribution in [3.05, 3.63) is 59.9 Å². The van der Waals surface area contributed by atoms with Gasteiger partial charge in [0.15, 0.2) is 5.78 Å². The molecule has 2 aromatic carbocycles. The number of carbonyl (C=O) groups excluding carboxylic acids is 1. The fourth-order valence-electron chi connectivity index (χ4n) is 1.70. The first-order valence-corrected chi connectivity index (χ1v) is 5.05. The van der Waals surface area contributed by atoms with Gasteiger partial charge in [0.25, 0.3) is 0 Å². The van der Waals surface area contributed by atoms with Crippen LogP contribution in [0.25, 0.3) is 11.1 Å². The molecule has 2 aromatic rings. The maximum absolute atomic E-state index is 13.6. The molecule has 0 amide bonds.